The number of carbonyl (C=O) groups is 8. The van der Waals surface area contributed by atoms with Gasteiger partial charge in [0.1, 0.15) is 41.9 Å². The third-order valence-corrected chi connectivity index (χ3v) is 19.2. The maximum absolute atomic E-state index is 14.8. The Morgan fingerprint density at radius 2 is 1.03 bits per heavy atom. The molecule has 0 aliphatic carbocycles. The molecule has 4 aliphatic heterocycles. The van der Waals surface area contributed by atoms with Gasteiger partial charge in [-0.05, 0) is 128 Å². The molecule has 8 amide bonds. The first kappa shape index (κ1) is 65.1. The minimum atomic E-state index is -1.27. The molecule has 0 aromatic heterocycles. The van der Waals surface area contributed by atoms with Crippen molar-refractivity contribution in [3.8, 4) is 0 Å². The van der Waals surface area contributed by atoms with Gasteiger partial charge in [0, 0.05) is 14.1 Å². The van der Waals surface area contributed by atoms with E-state index < -0.39 is 88.8 Å². The van der Waals surface area contributed by atoms with E-state index >= 15 is 0 Å². The van der Waals surface area contributed by atoms with E-state index in [-0.39, 0.29) is 60.8 Å². The minimum Gasteiger partial charge on any atom is -0.465 e. The molecule has 86 heavy (non-hydrogen) atoms. The summed E-state index contributed by atoms with van der Waals surface area (Å²) in [5, 5.41) is 23.0. The van der Waals surface area contributed by atoms with Crippen molar-refractivity contribution in [1.29, 1.82) is 0 Å². The first-order valence-corrected chi connectivity index (χ1v) is 31.5. The molecule has 4 fully saturated rings. The van der Waals surface area contributed by atoms with Gasteiger partial charge in [-0.3, -0.25) is 38.6 Å². The topological polar surface area (TPSA) is 246 Å². The fourth-order valence-electron chi connectivity index (χ4n) is 11.7. The molecule has 8 rings (SSSR count). The summed E-state index contributed by atoms with van der Waals surface area (Å²) in [5.41, 5.74) is 1.45. The lowest BCUT2D eigenvalue weighted by Crippen LogP contribution is -2.58. The van der Waals surface area contributed by atoms with Crippen molar-refractivity contribution >= 4 is 81.9 Å². The Morgan fingerprint density at radius 3 is 1.43 bits per heavy atom. The number of benzene rings is 4. The molecule has 4 aromatic carbocycles. The number of nitrogens with one attached hydrogen (secondary N) is 4. The first-order valence-electron chi connectivity index (χ1n) is 29.4. The predicted octanol–water partition coefficient (Wildman–Crippen LogP) is 7.99. The summed E-state index contributed by atoms with van der Waals surface area (Å²) >= 11 is 3.17. The predicted molar refractivity (Wildman–Crippen MR) is 330 cm³/mol. The maximum Gasteiger partial charge on any atom is 0.410 e. The lowest BCUT2D eigenvalue weighted by atomic mass is 9.83. The largest absolute Gasteiger partial charge is 0.465 e. The monoisotopic (exact) mass is 1220 g/mol. The second-order valence-corrected chi connectivity index (χ2v) is 27.9. The molecule has 0 radical (unpaired) electrons. The number of ether oxygens (including phenoxy) is 3. The Balaban J connectivity index is 0.903. The van der Waals surface area contributed by atoms with E-state index in [1.165, 1.54) is 25.9 Å². The molecule has 5 N–H and O–H groups in total. The highest BCUT2D eigenvalue weighted by Crippen LogP contribution is 2.48. The van der Waals surface area contributed by atoms with Crippen LogP contribution >= 0.6 is 23.5 Å². The summed E-state index contributed by atoms with van der Waals surface area (Å²) in [5.74, 6) is -1.35. The number of carbonyl (C=O) groups excluding carboxylic acids is 7. The Labute approximate surface area is 512 Å². The van der Waals surface area contributed by atoms with Gasteiger partial charge in [-0.25, -0.2) is 9.59 Å². The molecule has 0 spiro atoms. The highest BCUT2D eigenvalue weighted by Gasteiger charge is 2.56. The van der Waals surface area contributed by atoms with Crippen LogP contribution in [0.15, 0.2) is 97.1 Å². The first-order chi connectivity index (χ1) is 40.6. The van der Waals surface area contributed by atoms with Gasteiger partial charge in [-0.2, -0.15) is 0 Å². The van der Waals surface area contributed by atoms with Crippen molar-refractivity contribution in [2.75, 3.05) is 38.8 Å². The van der Waals surface area contributed by atoms with Crippen LogP contribution in [0.1, 0.15) is 122 Å². The summed E-state index contributed by atoms with van der Waals surface area (Å²) < 4.78 is 18.3. The van der Waals surface area contributed by atoms with Crippen LogP contribution in [0.5, 0.6) is 0 Å². The standard InChI is InChI=1S/C64H84N8O12S2/c1-38(69(10)60(79)80)54(73)65-46-26-28-85-50-32-63(6,7)52(71(50)58(46)77)56(75)67-48(43-18-14-12-15-19-43)36-82-34-40-22-24-42-25-23-41(31-45(42)30-40)35-83-37-49(44-20-16-13-17-21-44)68-57(76)53-64(8,9)33-51-72(53)59(78)47(27-29-86-51)66-55(74)39(2)70(11)61(81)84-62(3,4)5/h12-25,30-31,38-39,46-53H,26-29,32-37H2,1-11H3,(H,65,73)(H,66,74)(H,67,75)(H,68,76)(H,79,80)/t38-,39-,46-,47-,48+,49+,50-,51-,52-,53+/m0/s1. The van der Waals surface area contributed by atoms with Gasteiger partial charge in [-0.15, -0.1) is 23.5 Å². The van der Waals surface area contributed by atoms with Gasteiger partial charge in [0.25, 0.3) is 0 Å². The van der Waals surface area contributed by atoms with Crippen LogP contribution in [0.4, 0.5) is 9.59 Å². The Kier molecular flexibility index (Phi) is 20.8. The van der Waals surface area contributed by atoms with Crippen LogP contribution in [0.3, 0.4) is 0 Å². The third-order valence-electron chi connectivity index (χ3n) is 16.7. The van der Waals surface area contributed by atoms with Crippen molar-refractivity contribution in [1.82, 2.24) is 40.9 Å². The van der Waals surface area contributed by atoms with Crippen LogP contribution in [0.25, 0.3) is 10.8 Å². The molecular formula is C64H84N8O12S2. The number of hydrogen-bond acceptors (Lipinski definition) is 13. The summed E-state index contributed by atoms with van der Waals surface area (Å²) in [6, 6.07) is 24.6. The fourth-order valence-corrected chi connectivity index (χ4v) is 14.9. The second kappa shape index (κ2) is 27.4. The zero-order chi connectivity index (χ0) is 62.4. The van der Waals surface area contributed by atoms with Gasteiger partial charge < -0.3 is 50.4 Å². The van der Waals surface area contributed by atoms with Crippen LogP contribution in [0.2, 0.25) is 0 Å². The average molecular weight is 1220 g/mol. The quantitative estimate of drug-likeness (QED) is 0.0563. The highest BCUT2D eigenvalue weighted by molar-refractivity contribution is 8.00. The van der Waals surface area contributed by atoms with E-state index in [1.54, 1.807) is 61.0 Å². The molecular weight excluding hydrogens is 1140 g/mol. The lowest BCUT2D eigenvalue weighted by molar-refractivity contribution is -0.144. The molecule has 4 aliphatic rings. The Hall–Kier alpha value is -6.88. The number of nitrogens with zero attached hydrogens (tertiary/aromatic N) is 4. The molecule has 20 nitrogen and oxygen atoms in total. The van der Waals surface area contributed by atoms with Gasteiger partial charge in [-0.1, -0.05) is 113 Å². The van der Waals surface area contributed by atoms with Gasteiger partial charge in [0.05, 0.1) is 49.3 Å². The molecule has 0 unspecified atom stereocenters. The van der Waals surface area contributed by atoms with Crippen LogP contribution < -0.4 is 21.3 Å². The normalized spacial score (nSPS) is 23.1. The summed E-state index contributed by atoms with van der Waals surface area (Å²) in [7, 11) is 2.78. The Morgan fingerprint density at radius 1 is 0.628 bits per heavy atom. The number of fused-ring (bicyclic) bond motifs is 3. The van der Waals surface area contributed by atoms with E-state index in [2.05, 4.69) is 33.4 Å². The smallest absolute Gasteiger partial charge is 0.410 e. The van der Waals surface area contributed by atoms with E-state index in [4.69, 9.17) is 14.2 Å². The average Bonchev–Trinajstić information content (AvgIpc) is 2.19. The fraction of sp³-hybridized carbons (Fsp3) is 0.531. The van der Waals surface area contributed by atoms with E-state index in [0.717, 1.165) is 37.9 Å². The lowest BCUT2D eigenvalue weighted by Gasteiger charge is -2.35. The van der Waals surface area contributed by atoms with Crippen molar-refractivity contribution < 1.29 is 57.7 Å². The molecule has 4 saturated heterocycles. The van der Waals surface area contributed by atoms with E-state index in [1.807, 2.05) is 113 Å². The molecule has 10 atom stereocenters. The number of thioether (sulfide) groups is 2. The summed E-state index contributed by atoms with van der Waals surface area (Å²) in [6.45, 7) is 16.9. The number of carboxylic acid groups (broad SMARTS) is 1. The van der Waals surface area contributed by atoms with Crippen LogP contribution in [0, 0.1) is 10.8 Å². The van der Waals surface area contributed by atoms with Crippen molar-refractivity contribution in [3.05, 3.63) is 119 Å². The molecule has 0 saturated carbocycles. The van der Waals surface area contributed by atoms with E-state index in [9.17, 15) is 43.5 Å². The zero-order valence-electron chi connectivity index (χ0n) is 51.1. The van der Waals surface area contributed by atoms with Gasteiger partial charge in [0.15, 0.2) is 0 Å². The molecule has 4 heterocycles. The second-order valence-electron chi connectivity index (χ2n) is 25.4. The molecule has 22 heteroatoms. The van der Waals surface area contributed by atoms with Gasteiger partial charge >= 0.3 is 12.2 Å². The SMILES string of the molecule is C[C@@H](C(=O)N[C@H]1CCS[C@H]2CC(C)(C)[C@H](C(=O)N[C@H](COCc3ccc4ccc(COC[C@@H](NC(=O)[C@H]5N6C(=O)[C@@H](NC(=O)[C@H](C)N(C)C(=O)OC(C)(C)C)CCS[C@H]6CC5(C)C)c5ccccc5)cc4c3)c3ccccc3)N2C1=O)N(C)C(=O)O. The number of hydrogen-bond donors (Lipinski definition) is 5. The Bertz CT molecular complexity index is 3130. The zero-order valence-corrected chi connectivity index (χ0v) is 52.8. The van der Waals surface area contributed by atoms with Gasteiger partial charge in [0.2, 0.25) is 35.4 Å². The minimum absolute atomic E-state index is 0.120. The summed E-state index contributed by atoms with van der Waals surface area (Å²) in [6.07, 6.45) is -0.104. The van der Waals surface area contributed by atoms with Crippen LogP contribution in [-0.4, -0.2) is 164 Å². The van der Waals surface area contributed by atoms with E-state index in [0.29, 0.717) is 37.2 Å². The number of amides is 8. The van der Waals surface area contributed by atoms with Crippen molar-refractivity contribution in [2.45, 2.75) is 166 Å². The third kappa shape index (κ3) is 15.4. The molecule has 4 aromatic rings. The van der Waals surface area contributed by atoms with Crippen LogP contribution in [-0.2, 0) is 56.2 Å². The molecule has 464 valence electrons. The van der Waals surface area contributed by atoms with Crippen molar-refractivity contribution in [2.24, 2.45) is 10.8 Å². The van der Waals surface area contributed by atoms with Crippen molar-refractivity contribution in [3.63, 3.8) is 0 Å². The number of likely N-dealkylation sites (N-methyl/N-ethyl adjacent to an activating group) is 2. The molecule has 0 bridgehead atoms. The maximum atomic E-state index is 14.8. The highest BCUT2D eigenvalue weighted by atomic mass is 32.2. The number of rotatable bonds is 20. The summed E-state index contributed by atoms with van der Waals surface area (Å²) in [4.78, 5) is 115.